The predicted molar refractivity (Wildman–Crippen MR) is 158 cm³/mol. The standard InChI is InChI=1S/C30H24ClN3O7S/c1-17-26(29(36)40-3)27(23-15-20(31)9-12-24(23)39-2)33-28(35)25(42-30(33)32-17)14-19-5-4-6-22(13-19)41-16-18-7-10-21(11-8-18)34(37)38/h4-15,27H,16H2,1-3H3/b25-14-/t27-/m0/s1. The summed E-state index contributed by atoms with van der Waals surface area (Å²) in [6, 6.07) is 17.5. The minimum atomic E-state index is -0.874. The minimum absolute atomic E-state index is 0.00663. The Labute approximate surface area is 248 Å². The van der Waals surface area contributed by atoms with Crippen LogP contribution in [0.4, 0.5) is 5.69 Å². The summed E-state index contributed by atoms with van der Waals surface area (Å²) < 4.78 is 18.4. The van der Waals surface area contributed by atoms with Crippen molar-refractivity contribution in [2.45, 2.75) is 19.6 Å². The SMILES string of the molecule is COC(=O)C1=C(C)N=c2s/c(=C\c3cccc(OCc4ccc([N+](=O)[O-])cc4)c3)c(=O)n2[C@H]1c1cc(Cl)ccc1OC. The van der Waals surface area contributed by atoms with E-state index in [0.717, 1.165) is 5.56 Å². The van der Waals surface area contributed by atoms with Gasteiger partial charge in [0.25, 0.3) is 11.2 Å². The van der Waals surface area contributed by atoms with Crippen molar-refractivity contribution in [2.75, 3.05) is 14.2 Å². The van der Waals surface area contributed by atoms with Crippen LogP contribution in [0.15, 0.2) is 87.8 Å². The molecular weight excluding hydrogens is 582 g/mol. The molecule has 0 amide bonds. The molecule has 42 heavy (non-hydrogen) atoms. The summed E-state index contributed by atoms with van der Waals surface area (Å²) in [5, 5.41) is 11.3. The maximum atomic E-state index is 13.9. The number of carbonyl (C=O) groups excluding carboxylic acids is 1. The lowest BCUT2D eigenvalue weighted by Crippen LogP contribution is -2.40. The molecule has 1 aliphatic rings. The van der Waals surface area contributed by atoms with E-state index in [1.807, 2.05) is 6.07 Å². The van der Waals surface area contributed by atoms with Gasteiger partial charge in [0.15, 0.2) is 4.80 Å². The molecule has 0 radical (unpaired) electrons. The van der Waals surface area contributed by atoms with E-state index < -0.39 is 16.9 Å². The summed E-state index contributed by atoms with van der Waals surface area (Å²) in [6.45, 7) is 1.90. The number of allylic oxidation sites excluding steroid dienone is 1. The fourth-order valence-electron chi connectivity index (χ4n) is 4.63. The summed E-state index contributed by atoms with van der Waals surface area (Å²) in [4.78, 5) is 42.2. The molecule has 10 nitrogen and oxygen atoms in total. The van der Waals surface area contributed by atoms with Gasteiger partial charge in [0.2, 0.25) is 0 Å². The molecule has 0 fully saturated rings. The zero-order chi connectivity index (χ0) is 30.0. The van der Waals surface area contributed by atoms with Crippen molar-refractivity contribution in [2.24, 2.45) is 4.99 Å². The van der Waals surface area contributed by atoms with Crippen molar-refractivity contribution in [3.8, 4) is 11.5 Å². The second-order valence-corrected chi connectivity index (χ2v) is 10.7. The first-order valence-electron chi connectivity index (χ1n) is 12.6. The van der Waals surface area contributed by atoms with E-state index >= 15 is 0 Å². The van der Waals surface area contributed by atoms with Gasteiger partial charge in [0.05, 0.1) is 34.9 Å². The zero-order valence-electron chi connectivity index (χ0n) is 22.7. The number of thiazole rings is 1. The summed E-state index contributed by atoms with van der Waals surface area (Å²) in [5.74, 6) is 0.392. The van der Waals surface area contributed by atoms with Crippen LogP contribution in [0.25, 0.3) is 6.08 Å². The summed E-state index contributed by atoms with van der Waals surface area (Å²) in [5.41, 5.74) is 2.29. The number of hydrogen-bond donors (Lipinski definition) is 0. The second-order valence-electron chi connectivity index (χ2n) is 9.24. The van der Waals surface area contributed by atoms with Crippen molar-refractivity contribution < 1.29 is 23.9 Å². The Morgan fingerprint density at radius 2 is 1.90 bits per heavy atom. The van der Waals surface area contributed by atoms with Crippen molar-refractivity contribution in [3.63, 3.8) is 0 Å². The fraction of sp³-hybridized carbons (Fsp3) is 0.167. The topological polar surface area (TPSA) is 122 Å². The van der Waals surface area contributed by atoms with Gasteiger partial charge >= 0.3 is 5.97 Å². The van der Waals surface area contributed by atoms with Gasteiger partial charge in [-0.25, -0.2) is 9.79 Å². The van der Waals surface area contributed by atoms with Crippen LogP contribution in [0.2, 0.25) is 5.02 Å². The highest BCUT2D eigenvalue weighted by atomic mass is 35.5. The van der Waals surface area contributed by atoms with Crippen molar-refractivity contribution in [3.05, 3.63) is 130 Å². The van der Waals surface area contributed by atoms with Gasteiger partial charge in [-0.1, -0.05) is 35.1 Å². The number of nitrogens with zero attached hydrogens (tertiary/aromatic N) is 3. The molecular formula is C30H24ClN3O7S. The van der Waals surface area contributed by atoms with Crippen LogP contribution < -0.4 is 24.4 Å². The molecule has 12 heteroatoms. The number of nitro benzene ring substituents is 1. The zero-order valence-corrected chi connectivity index (χ0v) is 24.3. The second kappa shape index (κ2) is 12.0. The third kappa shape index (κ3) is 5.69. The van der Waals surface area contributed by atoms with E-state index in [2.05, 4.69) is 4.99 Å². The first-order valence-corrected chi connectivity index (χ1v) is 13.8. The van der Waals surface area contributed by atoms with Crippen LogP contribution in [0.3, 0.4) is 0 Å². The third-order valence-electron chi connectivity index (χ3n) is 6.62. The first kappa shape index (κ1) is 28.8. The fourth-order valence-corrected chi connectivity index (χ4v) is 5.86. The van der Waals surface area contributed by atoms with Gasteiger partial charge in [-0.05, 0) is 66.6 Å². The number of halogens is 1. The number of carbonyl (C=O) groups is 1. The monoisotopic (exact) mass is 605 g/mol. The molecule has 0 unspecified atom stereocenters. The molecule has 5 rings (SSSR count). The maximum Gasteiger partial charge on any atom is 0.338 e. The summed E-state index contributed by atoms with van der Waals surface area (Å²) >= 11 is 7.52. The van der Waals surface area contributed by atoms with Crippen LogP contribution in [0.5, 0.6) is 11.5 Å². The molecule has 4 aromatic rings. The molecule has 0 saturated heterocycles. The number of fused-ring (bicyclic) bond motifs is 1. The van der Waals surface area contributed by atoms with Gasteiger partial charge in [-0.3, -0.25) is 19.5 Å². The van der Waals surface area contributed by atoms with Crippen molar-refractivity contribution >= 4 is 40.7 Å². The lowest BCUT2D eigenvalue weighted by Gasteiger charge is -2.25. The highest BCUT2D eigenvalue weighted by Crippen LogP contribution is 2.37. The Morgan fingerprint density at radius 3 is 2.60 bits per heavy atom. The van der Waals surface area contributed by atoms with E-state index in [-0.39, 0.29) is 23.4 Å². The summed E-state index contributed by atoms with van der Waals surface area (Å²) in [7, 11) is 2.78. The smallest absolute Gasteiger partial charge is 0.338 e. The van der Waals surface area contributed by atoms with Crippen molar-refractivity contribution in [1.29, 1.82) is 0 Å². The van der Waals surface area contributed by atoms with Crippen LogP contribution >= 0.6 is 22.9 Å². The Morgan fingerprint density at radius 1 is 1.14 bits per heavy atom. The molecule has 0 aliphatic carbocycles. The Bertz CT molecular complexity index is 1910. The van der Waals surface area contributed by atoms with E-state index in [4.69, 9.17) is 25.8 Å². The molecule has 0 bridgehead atoms. The highest BCUT2D eigenvalue weighted by molar-refractivity contribution is 7.07. The number of aromatic nitrogens is 1. The molecule has 3 aromatic carbocycles. The lowest BCUT2D eigenvalue weighted by molar-refractivity contribution is -0.384. The predicted octanol–water partition coefficient (Wildman–Crippen LogP) is 4.56. The van der Waals surface area contributed by atoms with Gasteiger partial charge in [0.1, 0.15) is 24.1 Å². The van der Waals surface area contributed by atoms with Gasteiger partial charge in [0, 0.05) is 22.7 Å². The number of rotatable bonds is 8. The molecule has 0 spiro atoms. The van der Waals surface area contributed by atoms with E-state index in [1.54, 1.807) is 61.5 Å². The van der Waals surface area contributed by atoms with E-state index in [1.165, 1.54) is 42.3 Å². The Balaban J connectivity index is 1.53. The van der Waals surface area contributed by atoms with Crippen LogP contribution in [-0.2, 0) is 16.1 Å². The minimum Gasteiger partial charge on any atom is -0.496 e. The molecule has 0 N–H and O–H groups in total. The number of ether oxygens (including phenoxy) is 3. The number of non-ortho nitro benzene ring substituents is 1. The molecule has 1 aliphatic heterocycles. The molecule has 214 valence electrons. The van der Waals surface area contributed by atoms with Crippen LogP contribution in [-0.4, -0.2) is 29.7 Å². The first-order chi connectivity index (χ1) is 20.2. The van der Waals surface area contributed by atoms with Gasteiger partial charge < -0.3 is 14.2 Å². The number of hydrogen-bond acceptors (Lipinski definition) is 9. The van der Waals surface area contributed by atoms with E-state index in [0.29, 0.717) is 42.7 Å². The number of methoxy groups -OCH3 is 2. The average Bonchev–Trinajstić information content (AvgIpc) is 3.29. The number of esters is 1. The van der Waals surface area contributed by atoms with Crippen molar-refractivity contribution in [1.82, 2.24) is 4.57 Å². The Kier molecular flexibility index (Phi) is 8.23. The van der Waals surface area contributed by atoms with E-state index in [9.17, 15) is 19.7 Å². The Hall–Kier alpha value is -4.74. The third-order valence-corrected chi connectivity index (χ3v) is 7.84. The number of nitro groups is 1. The largest absolute Gasteiger partial charge is 0.496 e. The maximum absolute atomic E-state index is 13.9. The normalized spacial score (nSPS) is 14.7. The quantitative estimate of drug-likeness (QED) is 0.164. The molecule has 1 atom stereocenters. The average molecular weight is 606 g/mol. The number of benzene rings is 3. The van der Waals surface area contributed by atoms with Gasteiger partial charge in [-0.15, -0.1) is 0 Å². The molecule has 0 saturated carbocycles. The lowest BCUT2D eigenvalue weighted by atomic mass is 9.95. The summed E-state index contributed by atoms with van der Waals surface area (Å²) in [6.07, 6.45) is 1.73. The van der Waals surface area contributed by atoms with Gasteiger partial charge in [-0.2, -0.15) is 0 Å². The van der Waals surface area contributed by atoms with Crippen LogP contribution in [0.1, 0.15) is 29.7 Å². The molecule has 2 heterocycles. The van der Waals surface area contributed by atoms with Crippen LogP contribution in [0, 0.1) is 10.1 Å². The highest BCUT2D eigenvalue weighted by Gasteiger charge is 2.35. The molecule has 1 aromatic heterocycles.